The van der Waals surface area contributed by atoms with E-state index in [1.807, 2.05) is 0 Å². The van der Waals surface area contributed by atoms with E-state index >= 15 is 0 Å². The molecule has 0 heterocycles. The monoisotopic (exact) mass is 356 g/mol. The first-order chi connectivity index (χ1) is 12.1. The van der Waals surface area contributed by atoms with Crippen molar-refractivity contribution in [3.63, 3.8) is 0 Å². The Kier molecular flexibility index (Phi) is 17.3. The first-order valence-corrected chi connectivity index (χ1v) is 11.4. The van der Waals surface area contributed by atoms with Crippen molar-refractivity contribution >= 4 is 0 Å². The van der Waals surface area contributed by atoms with Gasteiger partial charge in [0, 0.05) is 19.1 Å². The predicted molar refractivity (Wildman–Crippen MR) is 111 cm³/mol. The summed E-state index contributed by atoms with van der Waals surface area (Å²) in [4.78, 5) is 0. The lowest BCUT2D eigenvalue weighted by molar-refractivity contribution is -0.254. The van der Waals surface area contributed by atoms with Crippen LogP contribution in [0.3, 0.4) is 0 Å². The fourth-order valence-corrected chi connectivity index (χ4v) is 3.86. The van der Waals surface area contributed by atoms with Crippen LogP contribution in [0.5, 0.6) is 0 Å². The van der Waals surface area contributed by atoms with Crippen LogP contribution in [0.4, 0.5) is 0 Å². The second-order valence-corrected chi connectivity index (χ2v) is 7.69. The van der Waals surface area contributed by atoms with Gasteiger partial charge in [0.05, 0.1) is 0 Å². The number of ether oxygens (including phenoxy) is 2. The summed E-state index contributed by atoms with van der Waals surface area (Å²) < 4.78 is 12.2. The van der Waals surface area contributed by atoms with Crippen LogP contribution in [0.2, 0.25) is 0 Å². The fraction of sp³-hybridized carbons (Fsp3) is 1.00. The van der Waals surface area contributed by atoms with Crippen molar-refractivity contribution in [2.45, 2.75) is 130 Å². The molecular formula is C23H48O2. The van der Waals surface area contributed by atoms with Crippen molar-refractivity contribution in [3.05, 3.63) is 0 Å². The summed E-state index contributed by atoms with van der Waals surface area (Å²) in [7, 11) is 0. The predicted octanol–water partition coefficient (Wildman–Crippen LogP) is 7.89. The third-order valence-corrected chi connectivity index (χ3v) is 5.42. The molecule has 0 aromatic heterocycles. The van der Waals surface area contributed by atoms with E-state index < -0.39 is 5.79 Å². The summed E-state index contributed by atoms with van der Waals surface area (Å²) in [5, 5.41) is 0. The van der Waals surface area contributed by atoms with Gasteiger partial charge in [-0.2, -0.15) is 0 Å². The minimum Gasteiger partial charge on any atom is -0.350 e. The third kappa shape index (κ3) is 12.8. The second-order valence-electron chi connectivity index (χ2n) is 7.69. The average molecular weight is 357 g/mol. The number of rotatable bonds is 19. The van der Waals surface area contributed by atoms with Crippen LogP contribution in [-0.4, -0.2) is 19.0 Å². The molecule has 0 aromatic rings. The molecule has 0 unspecified atom stereocenters. The summed E-state index contributed by atoms with van der Waals surface area (Å²) in [5.41, 5.74) is 0. The van der Waals surface area contributed by atoms with Gasteiger partial charge in [0.2, 0.25) is 0 Å². The van der Waals surface area contributed by atoms with E-state index in [0.29, 0.717) is 5.92 Å². The van der Waals surface area contributed by atoms with Crippen molar-refractivity contribution < 1.29 is 9.47 Å². The van der Waals surface area contributed by atoms with Crippen molar-refractivity contribution in [2.75, 3.05) is 13.2 Å². The lowest BCUT2D eigenvalue weighted by Crippen LogP contribution is -2.41. The van der Waals surface area contributed by atoms with Gasteiger partial charge in [-0.1, -0.05) is 90.9 Å². The summed E-state index contributed by atoms with van der Waals surface area (Å²) in [6.45, 7) is 12.4. The topological polar surface area (TPSA) is 18.5 Å². The molecule has 0 fully saturated rings. The van der Waals surface area contributed by atoms with Gasteiger partial charge in [-0.3, -0.25) is 0 Å². The Hall–Kier alpha value is -0.0800. The van der Waals surface area contributed by atoms with Crippen molar-refractivity contribution in [3.8, 4) is 0 Å². The molecule has 0 amide bonds. The number of hydrogen-bond donors (Lipinski definition) is 0. The summed E-state index contributed by atoms with van der Waals surface area (Å²) in [5.74, 6) is 0.140. The zero-order valence-electron chi connectivity index (χ0n) is 18.2. The van der Waals surface area contributed by atoms with Crippen LogP contribution in [0.15, 0.2) is 0 Å². The largest absolute Gasteiger partial charge is 0.350 e. The molecule has 0 N–H and O–H groups in total. The third-order valence-electron chi connectivity index (χ3n) is 5.42. The Morgan fingerprint density at radius 2 is 0.920 bits per heavy atom. The number of unbranched alkanes of at least 4 members (excludes halogenated alkanes) is 10. The van der Waals surface area contributed by atoms with Crippen LogP contribution in [0.1, 0.15) is 125 Å². The zero-order valence-corrected chi connectivity index (χ0v) is 18.2. The van der Waals surface area contributed by atoms with Crippen molar-refractivity contribution in [1.29, 1.82) is 0 Å². The van der Waals surface area contributed by atoms with Crippen molar-refractivity contribution in [1.82, 2.24) is 0 Å². The van der Waals surface area contributed by atoms with Gasteiger partial charge >= 0.3 is 0 Å². The molecule has 0 aliphatic carbocycles. The molecule has 0 atom stereocenters. The van der Waals surface area contributed by atoms with E-state index in [1.165, 1.54) is 89.9 Å². The molecule has 0 radical (unpaired) electrons. The molecular weight excluding hydrogens is 308 g/mol. The molecule has 0 aliphatic rings. The highest BCUT2D eigenvalue weighted by atomic mass is 16.7. The van der Waals surface area contributed by atoms with Gasteiger partial charge < -0.3 is 9.47 Å². The molecule has 0 aliphatic heterocycles. The van der Waals surface area contributed by atoms with Crippen LogP contribution >= 0.6 is 0 Å². The molecule has 25 heavy (non-hydrogen) atoms. The lowest BCUT2D eigenvalue weighted by atomic mass is 9.87. The lowest BCUT2D eigenvalue weighted by Gasteiger charge is -2.37. The van der Waals surface area contributed by atoms with E-state index in [9.17, 15) is 0 Å². The van der Waals surface area contributed by atoms with Crippen LogP contribution in [-0.2, 0) is 9.47 Å². The van der Waals surface area contributed by atoms with E-state index in [4.69, 9.17) is 9.47 Å². The van der Waals surface area contributed by atoms with Crippen LogP contribution in [0, 0.1) is 5.92 Å². The molecule has 0 aromatic carbocycles. The summed E-state index contributed by atoms with van der Waals surface area (Å²) in [6.07, 6.45) is 18.8. The maximum absolute atomic E-state index is 6.10. The van der Waals surface area contributed by atoms with Crippen molar-refractivity contribution in [2.24, 2.45) is 5.92 Å². The average Bonchev–Trinajstić information content (AvgIpc) is 2.59. The molecule has 0 spiro atoms. The summed E-state index contributed by atoms with van der Waals surface area (Å²) >= 11 is 0. The fourth-order valence-electron chi connectivity index (χ4n) is 3.86. The first kappa shape index (κ1) is 24.9. The maximum atomic E-state index is 6.10. The molecule has 0 bridgehead atoms. The SMILES string of the molecule is CCCCCCCCC(CCCCCCCC)C(C)(OCC)OCC. The zero-order chi connectivity index (χ0) is 18.8. The minimum atomic E-state index is -0.393. The van der Waals surface area contributed by atoms with Crippen LogP contribution in [0.25, 0.3) is 0 Å². The Morgan fingerprint density at radius 1 is 0.560 bits per heavy atom. The molecule has 2 nitrogen and oxygen atoms in total. The van der Waals surface area contributed by atoms with E-state index in [1.54, 1.807) is 0 Å². The van der Waals surface area contributed by atoms with Crippen LogP contribution < -0.4 is 0 Å². The first-order valence-electron chi connectivity index (χ1n) is 11.4. The Labute approximate surface area is 159 Å². The highest BCUT2D eigenvalue weighted by Gasteiger charge is 2.34. The number of hydrogen-bond acceptors (Lipinski definition) is 2. The van der Waals surface area contributed by atoms with Gasteiger partial charge in [-0.05, 0) is 33.6 Å². The maximum Gasteiger partial charge on any atom is 0.168 e. The molecule has 0 saturated heterocycles. The standard InChI is InChI=1S/C23H48O2/c1-6-10-12-14-16-18-20-22(21-19-17-15-13-11-7-2)23(5,24-8-3)25-9-4/h22H,6-21H2,1-5H3. The highest BCUT2D eigenvalue weighted by Crippen LogP contribution is 2.33. The molecule has 0 saturated carbocycles. The Balaban J connectivity index is 4.37. The van der Waals surface area contributed by atoms with E-state index in [2.05, 4.69) is 34.6 Å². The van der Waals surface area contributed by atoms with Gasteiger partial charge in [0.15, 0.2) is 5.79 Å². The highest BCUT2D eigenvalue weighted by molar-refractivity contribution is 4.76. The quantitative estimate of drug-likeness (QED) is 0.173. The molecule has 2 heteroatoms. The second kappa shape index (κ2) is 17.3. The van der Waals surface area contributed by atoms with Gasteiger partial charge in [-0.15, -0.1) is 0 Å². The van der Waals surface area contributed by atoms with E-state index in [-0.39, 0.29) is 0 Å². The Morgan fingerprint density at radius 3 is 1.28 bits per heavy atom. The normalized spacial score (nSPS) is 12.2. The minimum absolute atomic E-state index is 0.393. The van der Waals surface area contributed by atoms with Gasteiger partial charge in [-0.25, -0.2) is 0 Å². The molecule has 0 rings (SSSR count). The van der Waals surface area contributed by atoms with Gasteiger partial charge in [0.1, 0.15) is 0 Å². The molecule has 152 valence electrons. The van der Waals surface area contributed by atoms with Gasteiger partial charge in [0.25, 0.3) is 0 Å². The summed E-state index contributed by atoms with van der Waals surface area (Å²) in [6, 6.07) is 0. The Bertz CT molecular complexity index is 243. The van der Waals surface area contributed by atoms with E-state index in [0.717, 1.165) is 13.2 Å². The smallest absolute Gasteiger partial charge is 0.168 e.